The summed E-state index contributed by atoms with van der Waals surface area (Å²) in [7, 11) is 0. The van der Waals surface area contributed by atoms with Crippen LogP contribution >= 0.6 is 11.6 Å². The first-order chi connectivity index (χ1) is 6.97. The molecule has 0 aliphatic carbocycles. The van der Waals surface area contributed by atoms with Gasteiger partial charge in [0.25, 0.3) is 0 Å². The molecule has 0 unspecified atom stereocenters. The first-order valence-electron chi connectivity index (χ1n) is 4.46. The van der Waals surface area contributed by atoms with Crippen molar-refractivity contribution in [2.24, 2.45) is 4.99 Å². The van der Waals surface area contributed by atoms with Crippen molar-refractivity contribution in [3.05, 3.63) is 16.7 Å². The molecule has 1 aromatic carbocycles. The Labute approximate surface area is 92.3 Å². The van der Waals surface area contributed by atoms with Crippen LogP contribution in [0.4, 0.5) is 11.4 Å². The van der Waals surface area contributed by atoms with Gasteiger partial charge in [0.05, 0.1) is 16.4 Å². The van der Waals surface area contributed by atoms with Crippen LogP contribution in [0.25, 0.3) is 0 Å². The van der Waals surface area contributed by atoms with E-state index >= 15 is 0 Å². The second kappa shape index (κ2) is 3.12. The maximum absolute atomic E-state index is 8.83. The van der Waals surface area contributed by atoms with Crippen molar-refractivity contribution in [2.75, 3.05) is 5.73 Å². The van der Waals surface area contributed by atoms with Crippen LogP contribution < -0.4 is 10.6 Å². The number of benzene rings is 1. The summed E-state index contributed by atoms with van der Waals surface area (Å²) in [6, 6.07) is 1.52. The number of fused-ring (bicyclic) bond motifs is 1. The number of hydrogen-bond acceptors (Lipinski definition) is 4. The molecule has 0 aromatic heterocycles. The maximum atomic E-state index is 8.83. The predicted octanol–water partition coefficient (Wildman–Crippen LogP) is 2.77. The molecule has 5 heteroatoms. The molecular formula is C10H11ClN2O2. The Balaban J connectivity index is 2.78. The molecule has 1 heterocycles. The molecule has 0 radical (unpaired) electrons. The van der Waals surface area contributed by atoms with E-state index in [1.54, 1.807) is 6.21 Å². The average molecular weight is 227 g/mol. The number of halogens is 1. The standard InChI is InChI=1S/C10H11ClN2O2/c1-10(2)4-13-8-5(11)3-6(12)9(15-14)7(8)10/h3-4,14H,12H2,1-2H3. The van der Waals surface area contributed by atoms with Crippen LogP contribution in [0.5, 0.6) is 5.75 Å². The number of aliphatic imine (C=N–C) groups is 1. The van der Waals surface area contributed by atoms with E-state index in [4.69, 9.17) is 22.6 Å². The third-order valence-corrected chi connectivity index (χ3v) is 2.77. The molecule has 4 nitrogen and oxygen atoms in total. The molecule has 1 aliphatic rings. The van der Waals surface area contributed by atoms with E-state index in [2.05, 4.69) is 9.88 Å². The summed E-state index contributed by atoms with van der Waals surface area (Å²) >= 11 is 6.00. The van der Waals surface area contributed by atoms with Crippen LogP contribution in [-0.2, 0) is 5.41 Å². The molecule has 0 saturated carbocycles. The highest BCUT2D eigenvalue weighted by molar-refractivity contribution is 6.34. The largest absolute Gasteiger partial charge is 0.396 e. The summed E-state index contributed by atoms with van der Waals surface area (Å²) < 4.78 is 0. The van der Waals surface area contributed by atoms with Crippen molar-refractivity contribution in [2.45, 2.75) is 19.3 Å². The van der Waals surface area contributed by atoms with Gasteiger partial charge in [-0.15, -0.1) is 0 Å². The molecule has 2 rings (SSSR count). The molecule has 0 atom stereocenters. The number of nitrogens with zero attached hydrogens (tertiary/aromatic N) is 1. The Morgan fingerprint density at radius 3 is 2.80 bits per heavy atom. The third-order valence-electron chi connectivity index (χ3n) is 2.49. The van der Waals surface area contributed by atoms with E-state index in [0.29, 0.717) is 16.4 Å². The lowest BCUT2D eigenvalue weighted by atomic mass is 9.86. The highest BCUT2D eigenvalue weighted by Crippen LogP contribution is 2.49. The Kier molecular flexibility index (Phi) is 2.13. The summed E-state index contributed by atoms with van der Waals surface area (Å²) in [5.41, 5.74) is 6.99. The van der Waals surface area contributed by atoms with Gasteiger partial charge in [-0.2, -0.15) is 0 Å². The molecule has 1 aliphatic heterocycles. The molecule has 80 valence electrons. The number of hydrogen-bond donors (Lipinski definition) is 2. The van der Waals surface area contributed by atoms with E-state index in [1.165, 1.54) is 6.07 Å². The van der Waals surface area contributed by atoms with Crippen LogP contribution in [-0.4, -0.2) is 11.5 Å². The van der Waals surface area contributed by atoms with Gasteiger partial charge < -0.3 is 10.6 Å². The summed E-state index contributed by atoms with van der Waals surface area (Å²) in [4.78, 5) is 8.51. The first kappa shape index (κ1) is 10.3. The normalized spacial score (nSPS) is 16.5. The maximum Gasteiger partial charge on any atom is 0.194 e. The minimum atomic E-state index is -0.341. The van der Waals surface area contributed by atoms with Crippen molar-refractivity contribution < 1.29 is 10.1 Å². The third kappa shape index (κ3) is 1.37. The van der Waals surface area contributed by atoms with Gasteiger partial charge in [-0.25, -0.2) is 5.26 Å². The summed E-state index contributed by atoms with van der Waals surface area (Å²) in [6.45, 7) is 3.89. The number of rotatable bonds is 1. The Hall–Kier alpha value is -1.26. The Morgan fingerprint density at radius 1 is 1.53 bits per heavy atom. The fraction of sp³-hybridized carbons (Fsp3) is 0.300. The Morgan fingerprint density at radius 2 is 2.20 bits per heavy atom. The predicted molar refractivity (Wildman–Crippen MR) is 60.3 cm³/mol. The lowest BCUT2D eigenvalue weighted by Crippen LogP contribution is -2.17. The Bertz CT molecular complexity index is 455. The zero-order valence-corrected chi connectivity index (χ0v) is 9.17. The van der Waals surface area contributed by atoms with Crippen LogP contribution in [0.3, 0.4) is 0 Å². The fourth-order valence-electron chi connectivity index (χ4n) is 1.75. The molecule has 0 bridgehead atoms. The molecule has 0 fully saturated rings. The van der Waals surface area contributed by atoms with Gasteiger partial charge in [0.15, 0.2) is 5.75 Å². The van der Waals surface area contributed by atoms with Gasteiger partial charge in [0.2, 0.25) is 0 Å². The van der Waals surface area contributed by atoms with E-state index in [1.807, 2.05) is 13.8 Å². The van der Waals surface area contributed by atoms with Gasteiger partial charge in [-0.05, 0) is 6.07 Å². The van der Waals surface area contributed by atoms with Crippen LogP contribution in [0.15, 0.2) is 11.1 Å². The molecular weight excluding hydrogens is 216 g/mol. The molecule has 15 heavy (non-hydrogen) atoms. The highest BCUT2D eigenvalue weighted by atomic mass is 35.5. The van der Waals surface area contributed by atoms with E-state index in [0.717, 1.165) is 5.56 Å². The topological polar surface area (TPSA) is 67.8 Å². The number of nitrogens with two attached hydrogens (primary N) is 1. The molecule has 3 N–H and O–H groups in total. The molecule has 0 saturated heterocycles. The van der Waals surface area contributed by atoms with Crippen LogP contribution in [0.2, 0.25) is 5.02 Å². The monoisotopic (exact) mass is 226 g/mol. The summed E-state index contributed by atoms with van der Waals surface area (Å²) in [5, 5.41) is 9.29. The van der Waals surface area contributed by atoms with Crippen molar-refractivity contribution in [3.63, 3.8) is 0 Å². The summed E-state index contributed by atoms with van der Waals surface area (Å²) in [6.07, 6.45) is 1.76. The number of anilines is 1. The molecule has 0 amide bonds. The number of nitrogen functional groups attached to an aromatic ring is 1. The second-order valence-electron chi connectivity index (χ2n) is 4.07. The minimum Gasteiger partial charge on any atom is -0.396 e. The first-order valence-corrected chi connectivity index (χ1v) is 4.84. The second-order valence-corrected chi connectivity index (χ2v) is 4.48. The van der Waals surface area contributed by atoms with Gasteiger partial charge in [0, 0.05) is 17.2 Å². The van der Waals surface area contributed by atoms with Crippen LogP contribution in [0.1, 0.15) is 19.4 Å². The van der Waals surface area contributed by atoms with Crippen molar-refractivity contribution in [1.82, 2.24) is 0 Å². The molecule has 1 aromatic rings. The van der Waals surface area contributed by atoms with Crippen molar-refractivity contribution in [1.29, 1.82) is 0 Å². The van der Waals surface area contributed by atoms with Gasteiger partial charge in [-0.3, -0.25) is 4.99 Å². The van der Waals surface area contributed by atoms with E-state index in [9.17, 15) is 0 Å². The summed E-state index contributed by atoms with van der Waals surface area (Å²) in [5.74, 6) is 0.233. The highest BCUT2D eigenvalue weighted by Gasteiger charge is 2.33. The van der Waals surface area contributed by atoms with Gasteiger partial charge in [0.1, 0.15) is 0 Å². The SMILES string of the molecule is CC1(C)C=Nc2c(Cl)cc(N)c(OO)c21. The van der Waals surface area contributed by atoms with Gasteiger partial charge >= 0.3 is 0 Å². The van der Waals surface area contributed by atoms with E-state index < -0.39 is 0 Å². The van der Waals surface area contributed by atoms with Gasteiger partial charge in [-0.1, -0.05) is 25.4 Å². The fourth-order valence-corrected chi connectivity index (χ4v) is 2.02. The van der Waals surface area contributed by atoms with Crippen LogP contribution in [0, 0.1) is 0 Å². The quantitative estimate of drug-likeness (QED) is 0.440. The lowest BCUT2D eigenvalue weighted by molar-refractivity contribution is -0.137. The minimum absolute atomic E-state index is 0.233. The average Bonchev–Trinajstić information content (AvgIpc) is 2.44. The van der Waals surface area contributed by atoms with Crippen molar-refractivity contribution in [3.8, 4) is 5.75 Å². The van der Waals surface area contributed by atoms with E-state index in [-0.39, 0.29) is 11.2 Å². The smallest absolute Gasteiger partial charge is 0.194 e. The lowest BCUT2D eigenvalue weighted by Gasteiger charge is -2.19. The zero-order chi connectivity index (χ0) is 11.2. The molecule has 0 spiro atoms. The zero-order valence-electron chi connectivity index (χ0n) is 8.41. The van der Waals surface area contributed by atoms with Crippen molar-refractivity contribution >= 4 is 29.2 Å².